The van der Waals surface area contributed by atoms with Crippen LogP contribution in [0.25, 0.3) is 0 Å². The van der Waals surface area contributed by atoms with E-state index >= 15 is 0 Å². The van der Waals surface area contributed by atoms with E-state index < -0.39 is 0 Å². The molecule has 4 rings (SSSR count). The molecule has 4 aliphatic carbocycles. The largest absolute Gasteiger partial charge is 0.327 e. The van der Waals surface area contributed by atoms with E-state index in [4.69, 9.17) is 5.73 Å². The SMILES string of the molecule is NC1CC2CC1C1CC3CCCCC3CC21. The maximum absolute atomic E-state index is 6.29. The molecule has 4 fully saturated rings. The van der Waals surface area contributed by atoms with E-state index in [1.54, 1.807) is 25.7 Å². The number of hydrogen-bond donors (Lipinski definition) is 1. The molecule has 4 saturated carbocycles. The zero-order chi connectivity index (χ0) is 10.7. The van der Waals surface area contributed by atoms with Crippen LogP contribution in [-0.2, 0) is 0 Å². The van der Waals surface area contributed by atoms with Crippen molar-refractivity contribution in [2.75, 3.05) is 0 Å². The molecule has 0 saturated heterocycles. The number of rotatable bonds is 0. The molecule has 7 atom stereocenters. The van der Waals surface area contributed by atoms with E-state index in [1.807, 2.05) is 0 Å². The Morgan fingerprint density at radius 2 is 1.25 bits per heavy atom. The molecule has 0 aromatic heterocycles. The predicted octanol–water partition coefficient (Wildman–Crippen LogP) is 3.19. The molecule has 90 valence electrons. The van der Waals surface area contributed by atoms with Gasteiger partial charge in [0.1, 0.15) is 0 Å². The summed E-state index contributed by atoms with van der Waals surface area (Å²) in [4.78, 5) is 0. The monoisotopic (exact) mass is 219 g/mol. The Kier molecular flexibility index (Phi) is 2.16. The van der Waals surface area contributed by atoms with Crippen molar-refractivity contribution in [3.8, 4) is 0 Å². The highest BCUT2D eigenvalue weighted by atomic mass is 14.7. The van der Waals surface area contributed by atoms with Crippen molar-refractivity contribution in [1.29, 1.82) is 0 Å². The van der Waals surface area contributed by atoms with Crippen LogP contribution in [0.5, 0.6) is 0 Å². The van der Waals surface area contributed by atoms with E-state index in [0.717, 1.165) is 35.5 Å². The molecule has 1 nitrogen and oxygen atoms in total. The van der Waals surface area contributed by atoms with E-state index in [0.29, 0.717) is 6.04 Å². The van der Waals surface area contributed by atoms with Crippen molar-refractivity contribution in [2.45, 2.75) is 57.4 Å². The minimum Gasteiger partial charge on any atom is -0.327 e. The lowest BCUT2D eigenvalue weighted by molar-refractivity contribution is 0.0395. The van der Waals surface area contributed by atoms with Gasteiger partial charge in [-0.05, 0) is 61.2 Å². The van der Waals surface area contributed by atoms with Gasteiger partial charge in [0.15, 0.2) is 0 Å². The van der Waals surface area contributed by atoms with Gasteiger partial charge in [-0.15, -0.1) is 0 Å². The summed E-state index contributed by atoms with van der Waals surface area (Å²) in [7, 11) is 0. The van der Waals surface area contributed by atoms with E-state index in [9.17, 15) is 0 Å². The lowest BCUT2D eigenvalue weighted by atomic mass is 9.59. The average Bonchev–Trinajstić information content (AvgIpc) is 2.84. The van der Waals surface area contributed by atoms with Gasteiger partial charge in [-0.25, -0.2) is 0 Å². The predicted molar refractivity (Wildman–Crippen MR) is 65.9 cm³/mol. The highest BCUT2D eigenvalue weighted by Gasteiger charge is 2.54. The van der Waals surface area contributed by atoms with E-state index in [-0.39, 0.29) is 0 Å². The average molecular weight is 219 g/mol. The topological polar surface area (TPSA) is 26.0 Å². The molecule has 0 heterocycles. The Bertz CT molecular complexity index is 287. The minimum atomic E-state index is 0.575. The third-order valence-electron chi connectivity index (χ3n) is 6.62. The van der Waals surface area contributed by atoms with Crippen LogP contribution in [0.2, 0.25) is 0 Å². The summed E-state index contributed by atoms with van der Waals surface area (Å²) < 4.78 is 0. The molecule has 2 bridgehead atoms. The van der Waals surface area contributed by atoms with Gasteiger partial charge in [0.05, 0.1) is 0 Å². The van der Waals surface area contributed by atoms with Gasteiger partial charge in [0.25, 0.3) is 0 Å². The fraction of sp³-hybridized carbons (Fsp3) is 1.00. The number of nitrogens with two attached hydrogens (primary N) is 1. The summed E-state index contributed by atoms with van der Waals surface area (Å²) in [6.45, 7) is 0. The fourth-order valence-corrected chi connectivity index (χ4v) is 5.98. The Labute approximate surface area is 99.2 Å². The molecule has 0 aromatic rings. The first-order valence-corrected chi connectivity index (χ1v) is 7.58. The molecule has 4 aliphatic rings. The van der Waals surface area contributed by atoms with Crippen molar-refractivity contribution in [1.82, 2.24) is 0 Å². The Hall–Kier alpha value is -0.0400. The molecule has 0 aromatic carbocycles. The first-order valence-electron chi connectivity index (χ1n) is 7.58. The van der Waals surface area contributed by atoms with Gasteiger partial charge in [-0.1, -0.05) is 25.7 Å². The normalized spacial score (nSPS) is 59.4. The van der Waals surface area contributed by atoms with Gasteiger partial charge in [-0.2, -0.15) is 0 Å². The second-order valence-electron chi connectivity index (χ2n) is 7.16. The minimum absolute atomic E-state index is 0.575. The summed E-state index contributed by atoms with van der Waals surface area (Å²) >= 11 is 0. The third-order valence-corrected chi connectivity index (χ3v) is 6.62. The van der Waals surface area contributed by atoms with Crippen LogP contribution < -0.4 is 5.73 Å². The zero-order valence-corrected chi connectivity index (χ0v) is 10.3. The molecular weight excluding hydrogens is 194 g/mol. The second-order valence-corrected chi connectivity index (χ2v) is 7.16. The zero-order valence-electron chi connectivity index (χ0n) is 10.3. The lowest BCUT2D eigenvalue weighted by Gasteiger charge is -2.47. The van der Waals surface area contributed by atoms with Gasteiger partial charge in [-0.3, -0.25) is 0 Å². The van der Waals surface area contributed by atoms with Crippen molar-refractivity contribution in [3.63, 3.8) is 0 Å². The molecule has 0 radical (unpaired) electrons. The summed E-state index contributed by atoms with van der Waals surface area (Å²) in [6, 6.07) is 0.575. The van der Waals surface area contributed by atoms with Crippen LogP contribution in [0, 0.1) is 35.5 Å². The smallest absolute Gasteiger partial charge is 0.00727 e. The molecule has 7 unspecified atom stereocenters. The number of fused-ring (bicyclic) bond motifs is 6. The fourth-order valence-electron chi connectivity index (χ4n) is 5.98. The lowest BCUT2D eigenvalue weighted by Crippen LogP contribution is -2.43. The van der Waals surface area contributed by atoms with Crippen molar-refractivity contribution in [3.05, 3.63) is 0 Å². The molecular formula is C15H25N. The van der Waals surface area contributed by atoms with Crippen molar-refractivity contribution < 1.29 is 0 Å². The first kappa shape index (κ1) is 9.94. The summed E-state index contributed by atoms with van der Waals surface area (Å²) in [5.41, 5.74) is 6.29. The molecule has 0 aliphatic heterocycles. The van der Waals surface area contributed by atoms with Crippen LogP contribution in [-0.4, -0.2) is 6.04 Å². The van der Waals surface area contributed by atoms with Crippen molar-refractivity contribution >= 4 is 0 Å². The molecule has 0 amide bonds. The van der Waals surface area contributed by atoms with Gasteiger partial charge in [0, 0.05) is 6.04 Å². The highest BCUT2D eigenvalue weighted by Crippen LogP contribution is 2.60. The quantitative estimate of drug-likeness (QED) is 0.665. The Morgan fingerprint density at radius 1 is 0.625 bits per heavy atom. The molecule has 2 N–H and O–H groups in total. The van der Waals surface area contributed by atoms with E-state index in [2.05, 4.69) is 0 Å². The molecule has 1 heteroatoms. The molecule has 0 spiro atoms. The maximum atomic E-state index is 6.29. The summed E-state index contributed by atoms with van der Waals surface area (Å²) in [6.07, 6.45) is 12.1. The van der Waals surface area contributed by atoms with Crippen LogP contribution in [0.15, 0.2) is 0 Å². The van der Waals surface area contributed by atoms with Crippen LogP contribution in [0.3, 0.4) is 0 Å². The summed E-state index contributed by atoms with van der Waals surface area (Å²) in [5.74, 6) is 6.33. The Balaban J connectivity index is 1.56. The number of hydrogen-bond acceptors (Lipinski definition) is 1. The molecule has 16 heavy (non-hydrogen) atoms. The van der Waals surface area contributed by atoms with Crippen LogP contribution in [0.1, 0.15) is 51.4 Å². The van der Waals surface area contributed by atoms with Gasteiger partial charge < -0.3 is 5.73 Å². The Morgan fingerprint density at radius 3 is 2.00 bits per heavy atom. The second kappa shape index (κ2) is 3.48. The summed E-state index contributed by atoms with van der Waals surface area (Å²) in [5, 5.41) is 0. The van der Waals surface area contributed by atoms with Crippen LogP contribution >= 0.6 is 0 Å². The van der Waals surface area contributed by atoms with Crippen LogP contribution in [0.4, 0.5) is 0 Å². The third kappa shape index (κ3) is 1.27. The van der Waals surface area contributed by atoms with E-state index in [1.165, 1.54) is 25.7 Å². The van der Waals surface area contributed by atoms with Crippen molar-refractivity contribution in [2.24, 2.45) is 41.2 Å². The first-order chi connectivity index (χ1) is 7.83. The highest BCUT2D eigenvalue weighted by molar-refractivity contribution is 5.06. The maximum Gasteiger partial charge on any atom is 0.00727 e. The van der Waals surface area contributed by atoms with Gasteiger partial charge in [0.2, 0.25) is 0 Å². The van der Waals surface area contributed by atoms with Gasteiger partial charge >= 0.3 is 0 Å². The standard InChI is InChI=1S/C15H25N/c16-15-8-11-7-14(15)13-6-10-4-2-1-3-9(10)5-12(11)13/h9-15H,1-8,16H2.